The molecule has 1 unspecified atom stereocenters. The number of urea groups is 1. The minimum absolute atomic E-state index is 0.156. The third-order valence-corrected chi connectivity index (χ3v) is 3.05. The number of nitrogens with two attached hydrogens (primary N) is 1. The van der Waals surface area contributed by atoms with Crippen molar-refractivity contribution < 1.29 is 27.6 Å². The lowest BCUT2D eigenvalue weighted by Gasteiger charge is -2.29. The first-order valence-corrected chi connectivity index (χ1v) is 5.75. The van der Waals surface area contributed by atoms with Crippen LogP contribution < -0.4 is 11.1 Å². The molecule has 0 saturated carbocycles. The maximum Gasteiger partial charge on any atom is 0.425 e. The average Bonchev–Trinajstić information content (AvgIpc) is 2.64. The van der Waals surface area contributed by atoms with Gasteiger partial charge in [-0.3, -0.25) is 14.5 Å². The zero-order valence-electron chi connectivity index (χ0n) is 10.5. The van der Waals surface area contributed by atoms with Gasteiger partial charge in [0.05, 0.1) is 0 Å². The molecule has 1 heterocycles. The summed E-state index contributed by atoms with van der Waals surface area (Å²) < 4.78 is 40.4. The Balaban J connectivity index is 2.57. The minimum Gasteiger partial charge on any atom is -0.368 e. The predicted octanol–water partition coefficient (Wildman–Crippen LogP) is 0.481. The molecule has 9 heteroatoms. The summed E-state index contributed by atoms with van der Waals surface area (Å²) in [5.41, 5.74) is 1.19. The molecule has 4 amide bonds. The quantitative estimate of drug-likeness (QED) is 0.795. The Labute approximate surface area is 116 Å². The van der Waals surface area contributed by atoms with Crippen molar-refractivity contribution >= 4 is 17.8 Å². The summed E-state index contributed by atoms with van der Waals surface area (Å²) >= 11 is 0. The summed E-state index contributed by atoms with van der Waals surface area (Å²) in [6.45, 7) is -0.921. The van der Waals surface area contributed by atoms with Gasteiger partial charge in [0, 0.05) is 0 Å². The molecule has 1 saturated heterocycles. The lowest BCUT2D eigenvalue weighted by atomic mass is 9.89. The minimum atomic E-state index is -5.08. The Kier molecular flexibility index (Phi) is 3.36. The van der Waals surface area contributed by atoms with E-state index in [0.717, 1.165) is 12.1 Å². The van der Waals surface area contributed by atoms with E-state index in [1.807, 2.05) is 0 Å². The van der Waals surface area contributed by atoms with Crippen molar-refractivity contribution in [2.75, 3.05) is 6.54 Å². The Morgan fingerprint density at radius 1 is 1.24 bits per heavy atom. The van der Waals surface area contributed by atoms with Crippen LogP contribution in [0.1, 0.15) is 5.56 Å². The highest BCUT2D eigenvalue weighted by molar-refractivity contribution is 6.09. The molecule has 3 N–H and O–H groups in total. The fraction of sp³-hybridized carbons (Fsp3) is 0.250. The van der Waals surface area contributed by atoms with Crippen LogP contribution in [0.2, 0.25) is 0 Å². The SMILES string of the molecule is NC(=O)CN1C(=O)NC(c2ccccc2)(C(F)(F)F)C1=O. The zero-order chi connectivity index (χ0) is 15.8. The highest BCUT2D eigenvalue weighted by Crippen LogP contribution is 2.43. The second-order valence-corrected chi connectivity index (χ2v) is 4.40. The van der Waals surface area contributed by atoms with Gasteiger partial charge in [0.25, 0.3) is 5.91 Å². The molecular formula is C12H10F3N3O3. The Bertz CT molecular complexity index is 603. The summed E-state index contributed by atoms with van der Waals surface area (Å²) in [5, 5.41) is 1.63. The van der Waals surface area contributed by atoms with Gasteiger partial charge in [-0.15, -0.1) is 0 Å². The molecule has 1 fully saturated rings. The number of carbonyl (C=O) groups is 3. The van der Waals surface area contributed by atoms with E-state index in [9.17, 15) is 27.6 Å². The number of hydrogen-bond acceptors (Lipinski definition) is 3. The normalized spacial score (nSPS) is 22.3. The molecule has 0 aliphatic carbocycles. The van der Waals surface area contributed by atoms with Crippen LogP contribution in [0.5, 0.6) is 0 Å². The number of nitrogens with zero attached hydrogens (tertiary/aromatic N) is 1. The van der Waals surface area contributed by atoms with Gasteiger partial charge in [-0.05, 0) is 5.56 Å². The first kappa shape index (κ1) is 14.8. The van der Waals surface area contributed by atoms with E-state index < -0.39 is 41.7 Å². The van der Waals surface area contributed by atoms with Crippen molar-refractivity contribution in [1.29, 1.82) is 0 Å². The van der Waals surface area contributed by atoms with E-state index in [1.54, 1.807) is 5.32 Å². The van der Waals surface area contributed by atoms with Crippen molar-refractivity contribution in [3.05, 3.63) is 35.9 Å². The fourth-order valence-electron chi connectivity index (χ4n) is 2.12. The number of amides is 4. The van der Waals surface area contributed by atoms with Crippen molar-refractivity contribution in [3.8, 4) is 0 Å². The number of benzene rings is 1. The lowest BCUT2D eigenvalue weighted by molar-refractivity contribution is -0.198. The smallest absolute Gasteiger partial charge is 0.368 e. The van der Waals surface area contributed by atoms with E-state index >= 15 is 0 Å². The zero-order valence-corrected chi connectivity index (χ0v) is 10.5. The summed E-state index contributed by atoms with van der Waals surface area (Å²) in [6, 6.07) is 4.90. The molecule has 2 rings (SSSR count). The summed E-state index contributed by atoms with van der Waals surface area (Å²) in [6.07, 6.45) is -5.08. The van der Waals surface area contributed by atoms with E-state index in [1.165, 1.54) is 18.2 Å². The van der Waals surface area contributed by atoms with E-state index in [0.29, 0.717) is 0 Å². The van der Waals surface area contributed by atoms with Crippen LogP contribution in [0.3, 0.4) is 0 Å². The molecule has 1 atom stereocenters. The van der Waals surface area contributed by atoms with Gasteiger partial charge in [-0.25, -0.2) is 4.79 Å². The average molecular weight is 301 g/mol. The molecule has 0 spiro atoms. The Morgan fingerprint density at radius 3 is 2.29 bits per heavy atom. The number of imide groups is 1. The van der Waals surface area contributed by atoms with Gasteiger partial charge in [0.1, 0.15) is 6.54 Å². The maximum atomic E-state index is 13.5. The Morgan fingerprint density at radius 2 is 1.81 bits per heavy atom. The standard InChI is InChI=1S/C12H10F3N3O3/c13-12(14,15)11(7-4-2-1-3-5-7)9(20)18(6-8(16)19)10(21)17-11/h1-5H,6H2,(H2,16,19)(H,17,21). The third kappa shape index (κ3) is 2.20. The van der Waals surface area contributed by atoms with Gasteiger partial charge < -0.3 is 11.1 Å². The summed E-state index contributed by atoms with van der Waals surface area (Å²) in [4.78, 5) is 34.7. The molecular weight excluding hydrogens is 291 g/mol. The maximum absolute atomic E-state index is 13.5. The number of carbonyl (C=O) groups excluding carboxylic acids is 3. The van der Waals surface area contributed by atoms with Crippen molar-refractivity contribution in [1.82, 2.24) is 10.2 Å². The van der Waals surface area contributed by atoms with Crippen LogP contribution in [0.4, 0.5) is 18.0 Å². The van der Waals surface area contributed by atoms with Crippen LogP contribution in [0, 0.1) is 0 Å². The fourth-order valence-corrected chi connectivity index (χ4v) is 2.12. The number of alkyl halides is 3. The molecule has 1 aromatic rings. The number of primary amides is 1. The molecule has 112 valence electrons. The first-order valence-electron chi connectivity index (χ1n) is 5.75. The number of rotatable bonds is 3. The second-order valence-electron chi connectivity index (χ2n) is 4.40. The number of halogens is 3. The topological polar surface area (TPSA) is 92.5 Å². The third-order valence-electron chi connectivity index (χ3n) is 3.05. The van der Waals surface area contributed by atoms with Crippen LogP contribution in [-0.4, -0.2) is 35.5 Å². The highest BCUT2D eigenvalue weighted by Gasteiger charge is 2.68. The number of nitrogens with one attached hydrogen (secondary N) is 1. The summed E-state index contributed by atoms with van der Waals surface area (Å²) in [5.74, 6) is -2.67. The van der Waals surface area contributed by atoms with Crippen LogP contribution in [0.25, 0.3) is 0 Å². The molecule has 1 aliphatic rings. The van der Waals surface area contributed by atoms with Crippen LogP contribution >= 0.6 is 0 Å². The van der Waals surface area contributed by atoms with Gasteiger partial charge >= 0.3 is 12.2 Å². The largest absolute Gasteiger partial charge is 0.425 e. The van der Waals surface area contributed by atoms with Crippen LogP contribution in [-0.2, 0) is 15.1 Å². The molecule has 1 aliphatic heterocycles. The summed E-state index contributed by atoms with van der Waals surface area (Å²) in [7, 11) is 0. The highest BCUT2D eigenvalue weighted by atomic mass is 19.4. The molecule has 0 aromatic heterocycles. The van der Waals surface area contributed by atoms with Crippen molar-refractivity contribution in [2.24, 2.45) is 5.73 Å². The monoisotopic (exact) mass is 301 g/mol. The van der Waals surface area contributed by atoms with E-state index in [4.69, 9.17) is 5.73 Å². The van der Waals surface area contributed by atoms with Crippen molar-refractivity contribution in [2.45, 2.75) is 11.7 Å². The molecule has 21 heavy (non-hydrogen) atoms. The first-order chi connectivity index (χ1) is 9.70. The Hall–Kier alpha value is -2.58. The molecule has 6 nitrogen and oxygen atoms in total. The van der Waals surface area contributed by atoms with Gasteiger partial charge in [-0.1, -0.05) is 30.3 Å². The molecule has 0 bridgehead atoms. The second kappa shape index (κ2) is 4.76. The van der Waals surface area contributed by atoms with Crippen LogP contribution in [0.15, 0.2) is 30.3 Å². The van der Waals surface area contributed by atoms with E-state index in [2.05, 4.69) is 0 Å². The molecule has 1 aromatic carbocycles. The van der Waals surface area contributed by atoms with Gasteiger partial charge in [0.2, 0.25) is 11.4 Å². The predicted molar refractivity (Wildman–Crippen MR) is 63.6 cm³/mol. The van der Waals surface area contributed by atoms with Gasteiger partial charge in [0.15, 0.2) is 0 Å². The molecule has 0 radical (unpaired) electrons. The van der Waals surface area contributed by atoms with Crippen molar-refractivity contribution in [3.63, 3.8) is 0 Å². The van der Waals surface area contributed by atoms with E-state index in [-0.39, 0.29) is 4.90 Å². The number of hydrogen-bond donors (Lipinski definition) is 2. The lowest BCUT2D eigenvalue weighted by Crippen LogP contribution is -2.56. The van der Waals surface area contributed by atoms with Gasteiger partial charge in [-0.2, -0.15) is 13.2 Å².